The molecule has 1 aliphatic rings. The molecule has 1 saturated heterocycles. The number of aromatic nitrogens is 3. The highest BCUT2D eigenvalue weighted by molar-refractivity contribution is 5.92. The van der Waals surface area contributed by atoms with Gasteiger partial charge in [0.2, 0.25) is 5.89 Å². The van der Waals surface area contributed by atoms with Crippen LogP contribution in [0.25, 0.3) is 17.1 Å². The van der Waals surface area contributed by atoms with Gasteiger partial charge in [-0.2, -0.15) is 5.10 Å². The summed E-state index contributed by atoms with van der Waals surface area (Å²) in [6, 6.07) is 8.08. The van der Waals surface area contributed by atoms with Gasteiger partial charge < -0.3 is 19.7 Å². The first-order chi connectivity index (χ1) is 13.6. The SMILES string of the molecule is C[C@H]1CN(C(=O)c2coc(-c3cnn(-c4ccc(CCO)cc4)c3)n2)CCN1. The Kier molecular flexibility index (Phi) is 5.23. The number of aliphatic hydroxyl groups is 1. The van der Waals surface area contributed by atoms with Crippen LogP contribution < -0.4 is 5.32 Å². The van der Waals surface area contributed by atoms with Crippen LogP contribution in [-0.2, 0) is 6.42 Å². The molecule has 1 aliphatic heterocycles. The Labute approximate surface area is 162 Å². The Bertz CT molecular complexity index is 947. The van der Waals surface area contributed by atoms with Crippen LogP contribution in [0.4, 0.5) is 0 Å². The molecule has 4 rings (SSSR count). The number of hydrogen-bond donors (Lipinski definition) is 2. The van der Waals surface area contributed by atoms with Gasteiger partial charge >= 0.3 is 0 Å². The van der Waals surface area contributed by atoms with E-state index in [2.05, 4.69) is 22.3 Å². The van der Waals surface area contributed by atoms with Crippen LogP contribution in [-0.4, -0.2) is 63.0 Å². The highest BCUT2D eigenvalue weighted by atomic mass is 16.3. The summed E-state index contributed by atoms with van der Waals surface area (Å²) in [6.07, 6.45) is 5.51. The Morgan fingerprint density at radius 2 is 2.18 bits per heavy atom. The van der Waals surface area contributed by atoms with E-state index < -0.39 is 0 Å². The molecule has 0 bridgehead atoms. The number of oxazole rings is 1. The number of amides is 1. The van der Waals surface area contributed by atoms with Crippen molar-refractivity contribution < 1.29 is 14.3 Å². The van der Waals surface area contributed by atoms with Gasteiger partial charge in [-0.3, -0.25) is 4.79 Å². The minimum Gasteiger partial charge on any atom is -0.444 e. The molecule has 0 unspecified atom stereocenters. The van der Waals surface area contributed by atoms with E-state index in [0.29, 0.717) is 36.7 Å². The molecule has 0 radical (unpaired) electrons. The zero-order chi connectivity index (χ0) is 19.5. The minimum atomic E-state index is -0.116. The van der Waals surface area contributed by atoms with Gasteiger partial charge in [0.1, 0.15) is 6.26 Å². The number of hydrogen-bond acceptors (Lipinski definition) is 6. The van der Waals surface area contributed by atoms with Crippen LogP contribution in [0.1, 0.15) is 23.0 Å². The maximum atomic E-state index is 12.6. The summed E-state index contributed by atoms with van der Waals surface area (Å²) < 4.78 is 7.26. The zero-order valence-electron chi connectivity index (χ0n) is 15.7. The lowest BCUT2D eigenvalue weighted by Crippen LogP contribution is -2.51. The van der Waals surface area contributed by atoms with E-state index in [9.17, 15) is 4.79 Å². The topological polar surface area (TPSA) is 96.4 Å². The lowest BCUT2D eigenvalue weighted by atomic mass is 10.1. The molecule has 2 N–H and O–H groups in total. The largest absolute Gasteiger partial charge is 0.444 e. The average molecular weight is 381 g/mol. The van der Waals surface area contributed by atoms with Crippen molar-refractivity contribution in [2.75, 3.05) is 26.2 Å². The van der Waals surface area contributed by atoms with Crippen LogP contribution in [0, 0.1) is 0 Å². The average Bonchev–Trinajstić information content (AvgIpc) is 3.38. The van der Waals surface area contributed by atoms with Crippen molar-refractivity contribution in [1.29, 1.82) is 0 Å². The van der Waals surface area contributed by atoms with Gasteiger partial charge in [-0.25, -0.2) is 9.67 Å². The standard InChI is InChI=1S/C20H23N5O3/c1-14-11-24(8-7-21-14)20(27)18-13-28-19(23-18)16-10-22-25(12-16)17-4-2-15(3-5-17)6-9-26/h2-5,10,12-14,21,26H,6-9,11H2,1H3/t14-/m0/s1. The van der Waals surface area contributed by atoms with Crippen molar-refractivity contribution in [3.8, 4) is 17.1 Å². The molecule has 2 aromatic heterocycles. The molecular weight excluding hydrogens is 358 g/mol. The number of nitrogens with zero attached hydrogens (tertiary/aromatic N) is 4. The third kappa shape index (κ3) is 3.83. The van der Waals surface area contributed by atoms with Crippen molar-refractivity contribution in [1.82, 2.24) is 25.0 Å². The maximum absolute atomic E-state index is 12.6. The minimum absolute atomic E-state index is 0.116. The van der Waals surface area contributed by atoms with Gasteiger partial charge in [-0.15, -0.1) is 0 Å². The van der Waals surface area contributed by atoms with E-state index in [1.165, 1.54) is 6.26 Å². The molecule has 1 atom stereocenters. The summed E-state index contributed by atoms with van der Waals surface area (Å²) in [4.78, 5) is 18.8. The fourth-order valence-corrected chi connectivity index (χ4v) is 3.30. The molecular formula is C20H23N5O3. The zero-order valence-corrected chi connectivity index (χ0v) is 15.7. The molecule has 3 aromatic rings. The molecule has 1 fully saturated rings. The van der Waals surface area contributed by atoms with Crippen LogP contribution >= 0.6 is 0 Å². The van der Waals surface area contributed by atoms with Gasteiger partial charge in [0, 0.05) is 38.5 Å². The monoisotopic (exact) mass is 381 g/mol. The molecule has 146 valence electrons. The lowest BCUT2D eigenvalue weighted by molar-refractivity contribution is 0.0703. The quantitative estimate of drug-likeness (QED) is 0.695. The number of carbonyl (C=O) groups excluding carboxylic acids is 1. The Morgan fingerprint density at radius 1 is 1.36 bits per heavy atom. The number of nitrogens with one attached hydrogen (secondary N) is 1. The maximum Gasteiger partial charge on any atom is 0.275 e. The third-order valence-corrected chi connectivity index (χ3v) is 4.81. The summed E-state index contributed by atoms with van der Waals surface area (Å²) in [5.41, 5.74) is 2.97. The first-order valence-electron chi connectivity index (χ1n) is 9.37. The van der Waals surface area contributed by atoms with Gasteiger partial charge in [0.25, 0.3) is 5.91 Å². The first-order valence-corrected chi connectivity index (χ1v) is 9.37. The second-order valence-corrected chi connectivity index (χ2v) is 6.96. The summed E-state index contributed by atoms with van der Waals surface area (Å²) in [5, 5.41) is 16.7. The third-order valence-electron chi connectivity index (χ3n) is 4.81. The van der Waals surface area contributed by atoms with Crippen molar-refractivity contribution in [3.63, 3.8) is 0 Å². The molecule has 3 heterocycles. The molecule has 0 aliphatic carbocycles. The van der Waals surface area contributed by atoms with Crippen LogP contribution in [0.15, 0.2) is 47.3 Å². The molecule has 28 heavy (non-hydrogen) atoms. The molecule has 8 nitrogen and oxygen atoms in total. The fourth-order valence-electron chi connectivity index (χ4n) is 3.30. The molecule has 8 heteroatoms. The summed E-state index contributed by atoms with van der Waals surface area (Å²) in [7, 11) is 0. The first kappa shape index (κ1) is 18.4. The summed E-state index contributed by atoms with van der Waals surface area (Å²) in [6.45, 7) is 4.28. The van der Waals surface area contributed by atoms with Gasteiger partial charge in [0.05, 0.1) is 17.4 Å². The number of benzene rings is 1. The molecule has 1 amide bonds. The van der Waals surface area contributed by atoms with Crippen molar-refractivity contribution in [2.45, 2.75) is 19.4 Å². The van der Waals surface area contributed by atoms with Gasteiger partial charge in [-0.05, 0) is 31.0 Å². The van der Waals surface area contributed by atoms with Crippen molar-refractivity contribution >= 4 is 5.91 Å². The van der Waals surface area contributed by atoms with Crippen molar-refractivity contribution in [2.24, 2.45) is 0 Å². The second kappa shape index (κ2) is 7.95. The summed E-state index contributed by atoms with van der Waals surface area (Å²) in [5.74, 6) is 0.255. The van der Waals surface area contributed by atoms with E-state index in [1.807, 2.05) is 30.5 Å². The van der Waals surface area contributed by atoms with Gasteiger partial charge in [0.15, 0.2) is 5.69 Å². The smallest absolute Gasteiger partial charge is 0.275 e. The molecule has 1 aromatic carbocycles. The van der Waals surface area contributed by atoms with E-state index >= 15 is 0 Å². The molecule has 0 spiro atoms. The van der Waals surface area contributed by atoms with Crippen molar-refractivity contribution in [3.05, 3.63) is 54.2 Å². The number of rotatable bonds is 5. The van der Waals surface area contributed by atoms with E-state index in [1.54, 1.807) is 15.8 Å². The summed E-state index contributed by atoms with van der Waals surface area (Å²) >= 11 is 0. The van der Waals surface area contributed by atoms with Crippen LogP contribution in [0.5, 0.6) is 0 Å². The predicted molar refractivity (Wildman–Crippen MR) is 103 cm³/mol. The number of piperazine rings is 1. The Morgan fingerprint density at radius 3 is 2.93 bits per heavy atom. The Hall–Kier alpha value is -2.97. The normalized spacial score (nSPS) is 17.1. The highest BCUT2D eigenvalue weighted by Gasteiger charge is 2.24. The number of carbonyl (C=O) groups is 1. The van der Waals surface area contributed by atoms with E-state index in [0.717, 1.165) is 17.8 Å². The predicted octanol–water partition coefficient (Wildman–Crippen LogP) is 1.50. The number of aliphatic hydroxyl groups excluding tert-OH is 1. The second-order valence-electron chi connectivity index (χ2n) is 6.96. The lowest BCUT2D eigenvalue weighted by Gasteiger charge is -2.31. The van der Waals surface area contributed by atoms with Gasteiger partial charge in [-0.1, -0.05) is 12.1 Å². The van der Waals surface area contributed by atoms with E-state index in [-0.39, 0.29) is 18.6 Å². The van der Waals surface area contributed by atoms with Crippen LogP contribution in [0.3, 0.4) is 0 Å². The Balaban J connectivity index is 1.49. The molecule has 0 saturated carbocycles. The fraction of sp³-hybridized carbons (Fsp3) is 0.350. The van der Waals surface area contributed by atoms with Crippen LogP contribution in [0.2, 0.25) is 0 Å². The van der Waals surface area contributed by atoms with E-state index in [4.69, 9.17) is 9.52 Å². The highest BCUT2D eigenvalue weighted by Crippen LogP contribution is 2.21.